The Balaban J connectivity index is 1.30. The number of aryl methyl sites for hydroxylation is 1. The molecule has 0 atom stereocenters. The van der Waals surface area contributed by atoms with Crippen LogP contribution in [0, 0.1) is 6.92 Å². The molecule has 4 rings (SSSR count). The van der Waals surface area contributed by atoms with Crippen molar-refractivity contribution in [1.29, 1.82) is 0 Å². The summed E-state index contributed by atoms with van der Waals surface area (Å²) in [5.41, 5.74) is 2.78. The summed E-state index contributed by atoms with van der Waals surface area (Å²) in [5, 5.41) is 8.48. The van der Waals surface area contributed by atoms with Gasteiger partial charge in [-0.1, -0.05) is 42.5 Å². The molecule has 0 aliphatic heterocycles. The van der Waals surface area contributed by atoms with Crippen molar-refractivity contribution in [1.82, 2.24) is 10.3 Å². The van der Waals surface area contributed by atoms with Crippen LogP contribution in [-0.2, 0) is 13.0 Å². The molecule has 146 valence electrons. The summed E-state index contributed by atoms with van der Waals surface area (Å²) in [4.78, 5) is 16.8. The lowest BCUT2D eigenvalue weighted by Gasteiger charge is -2.09. The number of hydrogen-bond acceptors (Lipinski definition) is 4. The highest BCUT2D eigenvalue weighted by molar-refractivity contribution is 7.09. The normalized spacial score (nSPS) is 10.8. The van der Waals surface area contributed by atoms with Gasteiger partial charge in [0.1, 0.15) is 12.4 Å². The molecule has 1 heterocycles. The van der Waals surface area contributed by atoms with E-state index in [0.29, 0.717) is 18.7 Å². The lowest BCUT2D eigenvalue weighted by molar-refractivity contribution is 0.0954. The Morgan fingerprint density at radius 1 is 1.03 bits per heavy atom. The maximum Gasteiger partial charge on any atom is 0.251 e. The van der Waals surface area contributed by atoms with Crippen LogP contribution in [0.25, 0.3) is 10.8 Å². The summed E-state index contributed by atoms with van der Waals surface area (Å²) in [5.74, 6) is 0.648. The van der Waals surface area contributed by atoms with Crippen LogP contribution in [0.2, 0.25) is 0 Å². The standard InChI is InChI=1S/C24H22N2O2S/c1-17-26-21(16-29-17)15-28-22-11-9-20(10-12-22)24(27)25-14-13-19-7-4-6-18-5-2-3-8-23(18)19/h2-12,16H,13-15H2,1H3,(H,25,27). The predicted molar refractivity (Wildman–Crippen MR) is 118 cm³/mol. The van der Waals surface area contributed by atoms with Gasteiger partial charge < -0.3 is 10.1 Å². The molecule has 0 spiro atoms. The van der Waals surface area contributed by atoms with Gasteiger partial charge in [-0.2, -0.15) is 0 Å². The van der Waals surface area contributed by atoms with Crippen LogP contribution in [0.1, 0.15) is 26.6 Å². The smallest absolute Gasteiger partial charge is 0.251 e. The SMILES string of the molecule is Cc1nc(COc2ccc(C(=O)NCCc3cccc4ccccc34)cc2)cs1. The van der Waals surface area contributed by atoms with Crippen LogP contribution in [0.3, 0.4) is 0 Å². The Labute approximate surface area is 174 Å². The van der Waals surface area contributed by atoms with Crippen LogP contribution in [-0.4, -0.2) is 17.4 Å². The largest absolute Gasteiger partial charge is 0.487 e. The molecule has 4 nitrogen and oxygen atoms in total. The zero-order valence-electron chi connectivity index (χ0n) is 16.2. The van der Waals surface area contributed by atoms with Crippen molar-refractivity contribution < 1.29 is 9.53 Å². The van der Waals surface area contributed by atoms with Crippen LogP contribution < -0.4 is 10.1 Å². The minimum atomic E-state index is -0.0769. The van der Waals surface area contributed by atoms with E-state index in [4.69, 9.17) is 4.74 Å². The number of ether oxygens (including phenoxy) is 1. The second kappa shape index (κ2) is 8.88. The third-order valence-corrected chi connectivity index (χ3v) is 5.55. The van der Waals surface area contributed by atoms with Crippen molar-refractivity contribution in [2.45, 2.75) is 20.0 Å². The lowest BCUT2D eigenvalue weighted by Crippen LogP contribution is -2.25. The van der Waals surface area contributed by atoms with Gasteiger partial charge in [0, 0.05) is 17.5 Å². The molecule has 0 aliphatic rings. The van der Waals surface area contributed by atoms with E-state index in [0.717, 1.165) is 22.9 Å². The molecule has 0 bridgehead atoms. The number of nitrogens with zero attached hydrogens (tertiary/aromatic N) is 1. The molecule has 0 saturated carbocycles. The molecule has 1 N–H and O–H groups in total. The zero-order chi connectivity index (χ0) is 20.1. The predicted octanol–water partition coefficient (Wildman–Crippen LogP) is 5.16. The van der Waals surface area contributed by atoms with Crippen LogP contribution >= 0.6 is 11.3 Å². The van der Waals surface area contributed by atoms with Gasteiger partial charge >= 0.3 is 0 Å². The molecule has 29 heavy (non-hydrogen) atoms. The third-order valence-electron chi connectivity index (χ3n) is 4.73. The van der Waals surface area contributed by atoms with Crippen LogP contribution in [0.15, 0.2) is 72.1 Å². The quantitative estimate of drug-likeness (QED) is 0.465. The van der Waals surface area contributed by atoms with Gasteiger partial charge in [-0.3, -0.25) is 4.79 Å². The summed E-state index contributed by atoms with van der Waals surface area (Å²) < 4.78 is 5.73. The van der Waals surface area contributed by atoms with Gasteiger partial charge in [0.2, 0.25) is 0 Å². The molecule has 5 heteroatoms. The van der Waals surface area contributed by atoms with Gasteiger partial charge in [0.05, 0.1) is 10.7 Å². The minimum absolute atomic E-state index is 0.0769. The number of thiazole rings is 1. The Kier molecular flexibility index (Phi) is 5.86. The molecule has 0 fully saturated rings. The molecular weight excluding hydrogens is 380 g/mol. The van der Waals surface area contributed by atoms with Crippen molar-refractivity contribution >= 4 is 28.0 Å². The van der Waals surface area contributed by atoms with E-state index in [1.54, 1.807) is 23.5 Å². The maximum absolute atomic E-state index is 12.4. The fraction of sp³-hybridized carbons (Fsp3) is 0.167. The first-order chi connectivity index (χ1) is 14.2. The second-order valence-corrected chi connectivity index (χ2v) is 7.88. The molecule has 0 saturated heterocycles. The first kappa shape index (κ1) is 19.2. The number of carbonyl (C=O) groups excluding carboxylic acids is 1. The van der Waals surface area contributed by atoms with Crippen molar-refractivity contribution in [3.05, 3.63) is 93.9 Å². The van der Waals surface area contributed by atoms with Crippen LogP contribution in [0.5, 0.6) is 5.75 Å². The molecule has 3 aromatic carbocycles. The number of rotatable bonds is 7. The summed E-state index contributed by atoms with van der Waals surface area (Å²) >= 11 is 1.61. The van der Waals surface area contributed by atoms with E-state index in [1.165, 1.54) is 16.3 Å². The zero-order valence-corrected chi connectivity index (χ0v) is 17.0. The van der Waals surface area contributed by atoms with Gasteiger partial charge in [0.15, 0.2) is 0 Å². The lowest BCUT2D eigenvalue weighted by atomic mass is 10.0. The molecule has 0 aliphatic carbocycles. The first-order valence-corrected chi connectivity index (χ1v) is 10.5. The summed E-state index contributed by atoms with van der Waals surface area (Å²) in [6, 6.07) is 21.8. The van der Waals surface area contributed by atoms with Crippen molar-refractivity contribution in [3.8, 4) is 5.75 Å². The van der Waals surface area contributed by atoms with E-state index < -0.39 is 0 Å². The average molecular weight is 403 g/mol. The van der Waals surface area contributed by atoms with E-state index in [-0.39, 0.29) is 5.91 Å². The highest BCUT2D eigenvalue weighted by Gasteiger charge is 2.07. The Morgan fingerprint density at radius 3 is 2.62 bits per heavy atom. The van der Waals surface area contributed by atoms with Gasteiger partial charge in [-0.05, 0) is 53.9 Å². The monoisotopic (exact) mass is 402 g/mol. The molecular formula is C24H22N2O2S. The van der Waals surface area contributed by atoms with Crippen molar-refractivity contribution in [3.63, 3.8) is 0 Å². The minimum Gasteiger partial charge on any atom is -0.487 e. The Hall–Kier alpha value is -3.18. The molecule has 4 aromatic rings. The van der Waals surface area contributed by atoms with E-state index in [9.17, 15) is 4.79 Å². The van der Waals surface area contributed by atoms with Gasteiger partial charge in [-0.15, -0.1) is 11.3 Å². The molecule has 0 radical (unpaired) electrons. The van der Waals surface area contributed by atoms with Crippen molar-refractivity contribution in [2.75, 3.05) is 6.54 Å². The van der Waals surface area contributed by atoms with Gasteiger partial charge in [0.25, 0.3) is 5.91 Å². The second-order valence-electron chi connectivity index (χ2n) is 6.82. The van der Waals surface area contributed by atoms with E-state index >= 15 is 0 Å². The van der Waals surface area contributed by atoms with E-state index in [2.05, 4.69) is 40.6 Å². The summed E-state index contributed by atoms with van der Waals surface area (Å²) in [7, 11) is 0. The number of hydrogen-bond donors (Lipinski definition) is 1. The first-order valence-electron chi connectivity index (χ1n) is 9.58. The van der Waals surface area contributed by atoms with Crippen molar-refractivity contribution in [2.24, 2.45) is 0 Å². The number of amides is 1. The van der Waals surface area contributed by atoms with Crippen LogP contribution in [0.4, 0.5) is 0 Å². The number of aromatic nitrogens is 1. The number of benzene rings is 3. The topological polar surface area (TPSA) is 51.2 Å². The highest BCUT2D eigenvalue weighted by Crippen LogP contribution is 2.19. The fourth-order valence-corrected chi connectivity index (χ4v) is 3.85. The average Bonchev–Trinajstić information content (AvgIpc) is 3.18. The summed E-state index contributed by atoms with van der Waals surface area (Å²) in [6.07, 6.45) is 0.793. The highest BCUT2D eigenvalue weighted by atomic mass is 32.1. The Morgan fingerprint density at radius 2 is 1.83 bits per heavy atom. The van der Waals surface area contributed by atoms with E-state index in [1.807, 2.05) is 36.6 Å². The summed E-state index contributed by atoms with van der Waals surface area (Å²) in [6.45, 7) is 3.00. The Bertz CT molecular complexity index is 1110. The molecule has 0 unspecified atom stereocenters. The maximum atomic E-state index is 12.4. The number of fused-ring (bicyclic) bond motifs is 1. The number of nitrogens with one attached hydrogen (secondary N) is 1. The molecule has 1 amide bonds. The van der Waals surface area contributed by atoms with Gasteiger partial charge in [-0.25, -0.2) is 4.98 Å². The number of carbonyl (C=O) groups is 1. The third kappa shape index (κ3) is 4.81. The fourth-order valence-electron chi connectivity index (χ4n) is 3.26. The molecule has 1 aromatic heterocycles.